The van der Waals surface area contributed by atoms with Crippen molar-refractivity contribution < 1.29 is 9.18 Å². The second-order valence-electron chi connectivity index (χ2n) is 4.16. The summed E-state index contributed by atoms with van der Waals surface area (Å²) in [7, 11) is 0. The van der Waals surface area contributed by atoms with E-state index in [9.17, 15) is 9.18 Å². The van der Waals surface area contributed by atoms with Crippen LogP contribution in [0, 0.1) is 5.82 Å². The molecule has 1 N–H and O–H groups in total. The molecule has 2 rings (SSSR count). The van der Waals surface area contributed by atoms with Crippen molar-refractivity contribution in [2.45, 2.75) is 6.92 Å². The molecule has 3 nitrogen and oxygen atoms in total. The maximum absolute atomic E-state index is 13.0. The van der Waals surface area contributed by atoms with Crippen molar-refractivity contribution in [2.24, 2.45) is 5.10 Å². The highest BCUT2D eigenvalue weighted by atomic mass is 79.9. The molecule has 0 heterocycles. The molecule has 0 aromatic heterocycles. The Bertz CT molecular complexity index is 653. The molecule has 0 aliphatic carbocycles. The number of hydrogen-bond donors (Lipinski definition) is 1. The first kappa shape index (κ1) is 14.4. The van der Waals surface area contributed by atoms with Gasteiger partial charge in [0, 0.05) is 10.0 Å². The van der Waals surface area contributed by atoms with Gasteiger partial charge in [0.2, 0.25) is 0 Å². The van der Waals surface area contributed by atoms with E-state index in [0.29, 0.717) is 5.71 Å². The number of carbonyl (C=O) groups excluding carboxylic acids is 1. The standard InChI is InChI=1S/C15H12BrFN2O/c1-10(11-5-7-13(16)8-6-11)18-19-15(20)12-3-2-4-14(17)9-12/h2-9H,1H3,(H,19,20)/b18-10+. The van der Waals surface area contributed by atoms with Gasteiger partial charge in [-0.15, -0.1) is 0 Å². The van der Waals surface area contributed by atoms with Gasteiger partial charge in [0.15, 0.2) is 0 Å². The molecule has 0 atom stereocenters. The van der Waals surface area contributed by atoms with Crippen LogP contribution >= 0.6 is 15.9 Å². The van der Waals surface area contributed by atoms with Crippen molar-refractivity contribution in [1.29, 1.82) is 0 Å². The van der Waals surface area contributed by atoms with Crippen LogP contribution in [0.15, 0.2) is 58.1 Å². The molecular weight excluding hydrogens is 323 g/mol. The van der Waals surface area contributed by atoms with Crippen molar-refractivity contribution in [3.8, 4) is 0 Å². The van der Waals surface area contributed by atoms with E-state index in [2.05, 4.69) is 26.5 Å². The van der Waals surface area contributed by atoms with Crippen molar-refractivity contribution in [3.63, 3.8) is 0 Å². The van der Waals surface area contributed by atoms with E-state index in [0.717, 1.165) is 10.0 Å². The van der Waals surface area contributed by atoms with Gasteiger partial charge in [-0.05, 0) is 42.8 Å². The second-order valence-corrected chi connectivity index (χ2v) is 5.07. The van der Waals surface area contributed by atoms with Crippen LogP contribution in [-0.4, -0.2) is 11.6 Å². The Morgan fingerprint density at radius 2 is 1.85 bits per heavy atom. The van der Waals surface area contributed by atoms with Gasteiger partial charge in [-0.25, -0.2) is 9.82 Å². The number of halogens is 2. The Hall–Kier alpha value is -2.01. The molecule has 0 radical (unpaired) electrons. The lowest BCUT2D eigenvalue weighted by Gasteiger charge is -2.03. The number of benzene rings is 2. The summed E-state index contributed by atoms with van der Waals surface area (Å²) >= 11 is 3.35. The van der Waals surface area contributed by atoms with E-state index in [1.807, 2.05) is 24.3 Å². The molecule has 1 amide bonds. The van der Waals surface area contributed by atoms with Gasteiger partial charge >= 0.3 is 0 Å². The highest BCUT2D eigenvalue weighted by Gasteiger charge is 2.05. The summed E-state index contributed by atoms with van der Waals surface area (Å²) in [5.74, 6) is -0.896. The highest BCUT2D eigenvalue weighted by molar-refractivity contribution is 9.10. The van der Waals surface area contributed by atoms with Crippen LogP contribution in [0.4, 0.5) is 4.39 Å². The fourth-order valence-corrected chi connectivity index (χ4v) is 1.85. The maximum atomic E-state index is 13.0. The molecular formula is C15H12BrFN2O. The van der Waals surface area contributed by atoms with E-state index < -0.39 is 11.7 Å². The average molecular weight is 335 g/mol. The predicted octanol–water partition coefficient (Wildman–Crippen LogP) is 3.74. The number of nitrogens with zero attached hydrogens (tertiary/aromatic N) is 1. The third-order valence-corrected chi connectivity index (χ3v) is 3.20. The topological polar surface area (TPSA) is 41.5 Å². The third kappa shape index (κ3) is 3.74. The molecule has 2 aromatic rings. The number of carbonyl (C=O) groups is 1. The molecule has 0 spiro atoms. The van der Waals surface area contributed by atoms with Crippen LogP contribution in [0.5, 0.6) is 0 Å². The van der Waals surface area contributed by atoms with Crippen molar-refractivity contribution in [1.82, 2.24) is 5.43 Å². The largest absolute Gasteiger partial charge is 0.271 e. The normalized spacial score (nSPS) is 11.2. The molecule has 0 unspecified atom stereocenters. The fraction of sp³-hybridized carbons (Fsp3) is 0.0667. The number of amides is 1. The zero-order valence-electron chi connectivity index (χ0n) is 10.7. The lowest BCUT2D eigenvalue weighted by atomic mass is 10.1. The first-order chi connectivity index (χ1) is 9.56. The van der Waals surface area contributed by atoms with Crippen LogP contribution < -0.4 is 5.43 Å². The summed E-state index contributed by atoms with van der Waals surface area (Å²) in [4.78, 5) is 11.8. The molecule has 5 heteroatoms. The smallest absolute Gasteiger partial charge is 0.267 e. The number of nitrogens with one attached hydrogen (secondary N) is 1. The van der Waals surface area contributed by atoms with Gasteiger partial charge in [-0.3, -0.25) is 4.79 Å². The quantitative estimate of drug-likeness (QED) is 0.674. The summed E-state index contributed by atoms with van der Waals surface area (Å²) < 4.78 is 14.0. The van der Waals surface area contributed by atoms with Gasteiger partial charge in [0.1, 0.15) is 5.82 Å². The lowest BCUT2D eigenvalue weighted by Crippen LogP contribution is -2.19. The molecule has 2 aromatic carbocycles. The minimum atomic E-state index is -0.453. The molecule has 20 heavy (non-hydrogen) atoms. The van der Waals surface area contributed by atoms with Gasteiger partial charge in [0.25, 0.3) is 5.91 Å². The highest BCUT2D eigenvalue weighted by Crippen LogP contribution is 2.11. The maximum Gasteiger partial charge on any atom is 0.271 e. The van der Waals surface area contributed by atoms with Crippen LogP contribution in [0.2, 0.25) is 0 Å². The zero-order valence-corrected chi connectivity index (χ0v) is 12.3. The number of rotatable bonds is 3. The monoisotopic (exact) mass is 334 g/mol. The van der Waals surface area contributed by atoms with Crippen molar-refractivity contribution in [3.05, 3.63) is 69.9 Å². The second kappa shape index (κ2) is 6.43. The Balaban J connectivity index is 2.08. The SMILES string of the molecule is C/C(=N\NC(=O)c1cccc(F)c1)c1ccc(Br)cc1. The van der Waals surface area contributed by atoms with Crippen LogP contribution in [-0.2, 0) is 0 Å². The number of hydrazone groups is 1. The van der Waals surface area contributed by atoms with Crippen molar-refractivity contribution >= 4 is 27.5 Å². The van der Waals surface area contributed by atoms with Crippen molar-refractivity contribution in [2.75, 3.05) is 0 Å². The first-order valence-corrected chi connectivity index (χ1v) is 6.72. The van der Waals surface area contributed by atoms with E-state index >= 15 is 0 Å². The Morgan fingerprint density at radius 1 is 1.15 bits per heavy atom. The lowest BCUT2D eigenvalue weighted by molar-refractivity contribution is 0.0954. The third-order valence-electron chi connectivity index (χ3n) is 2.67. The van der Waals surface area contributed by atoms with Crippen LogP contribution in [0.3, 0.4) is 0 Å². The summed E-state index contributed by atoms with van der Waals surface area (Å²) in [6.45, 7) is 1.79. The van der Waals surface area contributed by atoms with E-state index in [4.69, 9.17) is 0 Å². The number of hydrogen-bond acceptors (Lipinski definition) is 2. The van der Waals surface area contributed by atoms with Gasteiger partial charge in [-0.1, -0.05) is 34.1 Å². The first-order valence-electron chi connectivity index (χ1n) is 5.92. The van der Waals surface area contributed by atoms with Crippen LogP contribution in [0.25, 0.3) is 0 Å². The summed E-state index contributed by atoms with van der Waals surface area (Å²) in [5.41, 5.74) is 4.21. The van der Waals surface area contributed by atoms with Crippen LogP contribution in [0.1, 0.15) is 22.8 Å². The summed E-state index contributed by atoms with van der Waals surface area (Å²) in [6, 6.07) is 13.0. The van der Waals surface area contributed by atoms with E-state index in [-0.39, 0.29) is 5.56 Å². The summed E-state index contributed by atoms with van der Waals surface area (Å²) in [5, 5.41) is 4.01. The Kier molecular flexibility index (Phi) is 4.63. The molecule has 0 fully saturated rings. The zero-order chi connectivity index (χ0) is 14.5. The van der Waals surface area contributed by atoms with E-state index in [1.165, 1.54) is 24.3 Å². The molecule has 0 aliphatic heterocycles. The Labute approximate surface area is 124 Å². The minimum Gasteiger partial charge on any atom is -0.267 e. The summed E-state index contributed by atoms with van der Waals surface area (Å²) in [6.07, 6.45) is 0. The van der Waals surface area contributed by atoms with E-state index in [1.54, 1.807) is 6.92 Å². The van der Waals surface area contributed by atoms with Gasteiger partial charge < -0.3 is 0 Å². The average Bonchev–Trinajstić information content (AvgIpc) is 2.45. The molecule has 0 saturated carbocycles. The molecule has 102 valence electrons. The van der Waals surface area contributed by atoms with Gasteiger partial charge in [-0.2, -0.15) is 5.10 Å². The molecule has 0 aliphatic rings. The molecule has 0 saturated heterocycles. The minimum absolute atomic E-state index is 0.234. The Morgan fingerprint density at radius 3 is 2.50 bits per heavy atom. The molecule has 0 bridgehead atoms. The van der Waals surface area contributed by atoms with Gasteiger partial charge in [0.05, 0.1) is 5.71 Å². The predicted molar refractivity (Wildman–Crippen MR) is 80.2 cm³/mol. The fourth-order valence-electron chi connectivity index (χ4n) is 1.58.